The average Bonchev–Trinajstić information content (AvgIpc) is 3.05. The number of nitrogens with zero attached hydrogens (tertiary/aromatic N) is 1. The fourth-order valence-corrected chi connectivity index (χ4v) is 3.06. The second kappa shape index (κ2) is 7.57. The van der Waals surface area contributed by atoms with E-state index in [2.05, 4.69) is 10.6 Å². The van der Waals surface area contributed by atoms with E-state index in [1.54, 1.807) is 30.3 Å². The Labute approximate surface area is 156 Å². The molecule has 6 nitrogen and oxygen atoms in total. The van der Waals surface area contributed by atoms with Crippen molar-refractivity contribution in [2.45, 2.75) is 13.3 Å². The van der Waals surface area contributed by atoms with E-state index in [9.17, 15) is 18.8 Å². The predicted octanol–water partition coefficient (Wildman–Crippen LogP) is 2.49. The Hall–Kier alpha value is -3.22. The maximum atomic E-state index is 14.0. The van der Waals surface area contributed by atoms with E-state index < -0.39 is 11.7 Å². The van der Waals surface area contributed by atoms with Crippen molar-refractivity contribution in [3.8, 4) is 0 Å². The van der Waals surface area contributed by atoms with Crippen molar-refractivity contribution in [2.75, 3.05) is 23.8 Å². The zero-order chi connectivity index (χ0) is 19.6. The number of rotatable bonds is 4. The van der Waals surface area contributed by atoms with Crippen molar-refractivity contribution in [3.63, 3.8) is 0 Å². The van der Waals surface area contributed by atoms with Crippen molar-refractivity contribution in [3.05, 3.63) is 59.4 Å². The topological polar surface area (TPSA) is 78.5 Å². The minimum absolute atomic E-state index is 0.00829. The quantitative estimate of drug-likeness (QED) is 0.869. The molecule has 3 amide bonds. The maximum absolute atomic E-state index is 14.0. The molecule has 2 N–H and O–H groups in total. The van der Waals surface area contributed by atoms with Gasteiger partial charge in [0, 0.05) is 31.3 Å². The van der Waals surface area contributed by atoms with Gasteiger partial charge in [0.15, 0.2) is 0 Å². The van der Waals surface area contributed by atoms with Gasteiger partial charge in [0.2, 0.25) is 11.8 Å². The summed E-state index contributed by atoms with van der Waals surface area (Å²) in [4.78, 5) is 38.0. The molecule has 3 rings (SSSR count). The Balaban J connectivity index is 1.75. The largest absolute Gasteiger partial charge is 0.355 e. The smallest absolute Gasteiger partial charge is 0.251 e. The van der Waals surface area contributed by atoms with Crippen LogP contribution in [0.5, 0.6) is 0 Å². The first-order chi connectivity index (χ1) is 12.9. The van der Waals surface area contributed by atoms with Crippen LogP contribution in [0.2, 0.25) is 0 Å². The molecule has 140 valence electrons. The van der Waals surface area contributed by atoms with Gasteiger partial charge >= 0.3 is 0 Å². The van der Waals surface area contributed by atoms with Crippen LogP contribution in [0.25, 0.3) is 0 Å². The number of nitrogens with one attached hydrogen (secondary N) is 2. The molecule has 27 heavy (non-hydrogen) atoms. The molecule has 1 unspecified atom stereocenters. The van der Waals surface area contributed by atoms with Crippen molar-refractivity contribution in [1.82, 2.24) is 5.32 Å². The van der Waals surface area contributed by atoms with Crippen LogP contribution in [0.4, 0.5) is 15.8 Å². The summed E-state index contributed by atoms with van der Waals surface area (Å²) in [5.41, 5.74) is 1.91. The number of aryl methyl sites for hydroxylation is 1. The zero-order valence-corrected chi connectivity index (χ0v) is 15.1. The van der Waals surface area contributed by atoms with Gasteiger partial charge in [-0.15, -0.1) is 0 Å². The van der Waals surface area contributed by atoms with Crippen molar-refractivity contribution in [2.24, 2.45) is 5.92 Å². The van der Waals surface area contributed by atoms with E-state index in [-0.39, 0.29) is 36.4 Å². The maximum Gasteiger partial charge on any atom is 0.251 e. The molecule has 1 aliphatic rings. The highest BCUT2D eigenvalue weighted by molar-refractivity contribution is 6.04. The molecule has 0 radical (unpaired) electrons. The molecule has 2 aromatic carbocycles. The zero-order valence-electron chi connectivity index (χ0n) is 15.1. The minimum Gasteiger partial charge on any atom is -0.355 e. The highest BCUT2D eigenvalue weighted by Gasteiger charge is 2.36. The van der Waals surface area contributed by atoms with E-state index in [4.69, 9.17) is 0 Å². The van der Waals surface area contributed by atoms with Crippen molar-refractivity contribution in [1.29, 1.82) is 0 Å². The lowest BCUT2D eigenvalue weighted by Crippen LogP contribution is -2.29. The average molecular weight is 369 g/mol. The minimum atomic E-state index is -0.597. The third-order valence-electron chi connectivity index (χ3n) is 4.62. The highest BCUT2D eigenvalue weighted by Crippen LogP contribution is 2.28. The van der Waals surface area contributed by atoms with E-state index >= 15 is 0 Å². The number of amides is 3. The van der Waals surface area contributed by atoms with Gasteiger partial charge in [-0.2, -0.15) is 0 Å². The Bertz CT molecular complexity index is 913. The number of benzene rings is 2. The molecule has 0 spiro atoms. The lowest BCUT2D eigenvalue weighted by atomic mass is 10.1. The normalized spacial score (nSPS) is 16.3. The Morgan fingerprint density at radius 1 is 1.19 bits per heavy atom. The second-order valence-corrected chi connectivity index (χ2v) is 6.45. The summed E-state index contributed by atoms with van der Waals surface area (Å²) in [7, 11) is 1.53. The number of anilines is 2. The van der Waals surface area contributed by atoms with Gasteiger partial charge in [0.1, 0.15) is 5.82 Å². The van der Waals surface area contributed by atoms with Crippen LogP contribution in [0.3, 0.4) is 0 Å². The first kappa shape index (κ1) is 18.6. The molecule has 0 bridgehead atoms. The van der Waals surface area contributed by atoms with Gasteiger partial charge in [-0.3, -0.25) is 14.4 Å². The molecule has 1 heterocycles. The Kier molecular flexibility index (Phi) is 5.21. The summed E-state index contributed by atoms with van der Waals surface area (Å²) in [5.74, 6) is -1.98. The Morgan fingerprint density at radius 3 is 2.63 bits per heavy atom. The number of carbonyl (C=O) groups is 3. The molecule has 0 aromatic heterocycles. The van der Waals surface area contributed by atoms with E-state index in [1.807, 2.05) is 6.92 Å². The van der Waals surface area contributed by atoms with Gasteiger partial charge in [-0.25, -0.2) is 4.39 Å². The van der Waals surface area contributed by atoms with Crippen LogP contribution in [0.15, 0.2) is 42.5 Å². The van der Waals surface area contributed by atoms with Crippen LogP contribution in [0, 0.1) is 18.7 Å². The van der Waals surface area contributed by atoms with Gasteiger partial charge in [-0.05, 0) is 36.8 Å². The summed E-state index contributed by atoms with van der Waals surface area (Å²) in [6.07, 6.45) is 0.00829. The summed E-state index contributed by atoms with van der Waals surface area (Å²) in [6.45, 7) is 1.93. The standard InChI is InChI=1S/C20H20FN3O3/c1-12-7-8-13(19(26)22-2)9-16(12)23-20(27)14-10-18(25)24(11-14)17-6-4-3-5-15(17)21/h3-9,14H,10-11H2,1-2H3,(H,22,26)(H,23,27). The molecule has 2 aromatic rings. The lowest BCUT2D eigenvalue weighted by molar-refractivity contribution is -0.122. The monoisotopic (exact) mass is 369 g/mol. The van der Waals surface area contributed by atoms with E-state index in [1.165, 1.54) is 24.1 Å². The number of halogens is 1. The van der Waals surface area contributed by atoms with E-state index in [0.717, 1.165) is 5.56 Å². The summed E-state index contributed by atoms with van der Waals surface area (Å²) < 4.78 is 14.0. The summed E-state index contributed by atoms with van der Waals surface area (Å²) in [6, 6.07) is 11.0. The Morgan fingerprint density at radius 2 is 1.93 bits per heavy atom. The molecule has 1 atom stereocenters. The van der Waals surface area contributed by atoms with Crippen molar-refractivity contribution >= 4 is 29.1 Å². The fraction of sp³-hybridized carbons (Fsp3) is 0.250. The number of hydrogen-bond donors (Lipinski definition) is 2. The molecule has 1 fully saturated rings. The van der Waals surface area contributed by atoms with Crippen molar-refractivity contribution < 1.29 is 18.8 Å². The van der Waals surface area contributed by atoms with Gasteiger partial charge in [0.25, 0.3) is 5.91 Å². The molecule has 7 heteroatoms. The highest BCUT2D eigenvalue weighted by atomic mass is 19.1. The van der Waals surface area contributed by atoms with Gasteiger partial charge < -0.3 is 15.5 Å². The molecular formula is C20H20FN3O3. The van der Waals surface area contributed by atoms with Crippen LogP contribution in [-0.4, -0.2) is 31.3 Å². The molecule has 1 aliphatic heterocycles. The first-order valence-electron chi connectivity index (χ1n) is 8.59. The number of para-hydroxylation sites is 1. The van der Waals surface area contributed by atoms with Crippen LogP contribution in [0.1, 0.15) is 22.3 Å². The van der Waals surface area contributed by atoms with Crippen LogP contribution in [-0.2, 0) is 9.59 Å². The lowest BCUT2D eigenvalue weighted by Gasteiger charge is -2.17. The molecule has 0 aliphatic carbocycles. The third kappa shape index (κ3) is 3.81. The summed E-state index contributed by atoms with van der Waals surface area (Å²) >= 11 is 0. The molecule has 1 saturated heterocycles. The second-order valence-electron chi connectivity index (χ2n) is 6.45. The van der Waals surface area contributed by atoms with Gasteiger partial charge in [-0.1, -0.05) is 18.2 Å². The predicted molar refractivity (Wildman–Crippen MR) is 100 cm³/mol. The van der Waals surface area contributed by atoms with E-state index in [0.29, 0.717) is 11.3 Å². The third-order valence-corrected chi connectivity index (χ3v) is 4.62. The van der Waals surface area contributed by atoms with Crippen LogP contribution >= 0.6 is 0 Å². The SMILES string of the molecule is CNC(=O)c1ccc(C)c(NC(=O)C2CC(=O)N(c3ccccc3F)C2)c1. The van der Waals surface area contributed by atoms with Gasteiger partial charge in [0.05, 0.1) is 11.6 Å². The molecule has 0 saturated carbocycles. The number of hydrogen-bond acceptors (Lipinski definition) is 3. The summed E-state index contributed by atoms with van der Waals surface area (Å²) in [5, 5.41) is 5.32. The molecular weight excluding hydrogens is 349 g/mol. The first-order valence-corrected chi connectivity index (χ1v) is 8.59. The van der Waals surface area contributed by atoms with Crippen LogP contribution < -0.4 is 15.5 Å². The fourth-order valence-electron chi connectivity index (χ4n) is 3.06. The number of carbonyl (C=O) groups excluding carboxylic acids is 3.